The van der Waals surface area contributed by atoms with Crippen LogP contribution >= 0.6 is 0 Å². The van der Waals surface area contributed by atoms with E-state index in [0.29, 0.717) is 24.5 Å². The maximum absolute atomic E-state index is 12.7. The van der Waals surface area contributed by atoms with Gasteiger partial charge in [0.25, 0.3) is 0 Å². The molecule has 2 aromatic rings. The van der Waals surface area contributed by atoms with Crippen LogP contribution in [0.4, 0.5) is 5.69 Å². The highest BCUT2D eigenvalue weighted by molar-refractivity contribution is 5.73. The number of benzene rings is 1. The molecule has 0 radical (unpaired) electrons. The van der Waals surface area contributed by atoms with E-state index in [-0.39, 0.29) is 11.5 Å². The number of methoxy groups -OCH3 is 2. The zero-order valence-electron chi connectivity index (χ0n) is 18.5. The Morgan fingerprint density at radius 3 is 2.65 bits per heavy atom. The van der Waals surface area contributed by atoms with E-state index >= 15 is 0 Å². The highest BCUT2D eigenvalue weighted by Crippen LogP contribution is 2.42. The van der Waals surface area contributed by atoms with E-state index < -0.39 is 0 Å². The monoisotopic (exact) mass is 426 g/mol. The number of rotatable bonds is 7. The van der Waals surface area contributed by atoms with Crippen molar-refractivity contribution in [2.45, 2.75) is 26.0 Å². The first-order valence-corrected chi connectivity index (χ1v) is 10.9. The second kappa shape index (κ2) is 7.97. The molecular weight excluding hydrogens is 396 g/mol. The average molecular weight is 427 g/mol. The maximum Gasteiger partial charge on any atom is 0.197 e. The second-order valence-electron chi connectivity index (χ2n) is 9.04. The number of hydrogen-bond donors (Lipinski definition) is 0. The molecule has 3 aliphatic heterocycles. The first-order chi connectivity index (χ1) is 15.0. The fourth-order valence-corrected chi connectivity index (χ4v) is 4.93. The van der Waals surface area contributed by atoms with Crippen molar-refractivity contribution in [3.63, 3.8) is 0 Å². The normalized spacial score (nSPS) is 19.3. The third kappa shape index (κ3) is 3.54. The molecule has 0 saturated carbocycles. The van der Waals surface area contributed by atoms with E-state index in [1.807, 2.05) is 6.92 Å². The highest BCUT2D eigenvalue weighted by atomic mass is 16.6. The Balaban J connectivity index is 1.43. The van der Waals surface area contributed by atoms with Crippen molar-refractivity contribution < 1.29 is 18.9 Å². The van der Waals surface area contributed by atoms with Gasteiger partial charge in [-0.15, -0.1) is 0 Å². The van der Waals surface area contributed by atoms with Crippen molar-refractivity contribution in [2.24, 2.45) is 5.41 Å². The molecule has 0 unspecified atom stereocenters. The van der Waals surface area contributed by atoms with Crippen LogP contribution in [-0.4, -0.2) is 64.4 Å². The van der Waals surface area contributed by atoms with Gasteiger partial charge in [-0.3, -0.25) is 4.79 Å². The summed E-state index contributed by atoms with van der Waals surface area (Å²) in [5.41, 5.74) is 5.78. The number of nitrogens with zero attached hydrogens (tertiary/aromatic N) is 2. The number of ether oxygens (including phenoxy) is 4. The van der Waals surface area contributed by atoms with Crippen molar-refractivity contribution in [3.8, 4) is 17.1 Å². The molecule has 2 fully saturated rings. The van der Waals surface area contributed by atoms with Crippen LogP contribution in [0.1, 0.15) is 11.1 Å². The summed E-state index contributed by atoms with van der Waals surface area (Å²) >= 11 is 0. The largest absolute Gasteiger partial charge is 0.476 e. The van der Waals surface area contributed by atoms with Gasteiger partial charge < -0.3 is 28.4 Å². The standard InChI is InChI=1S/C24H30N2O5/c1-16-21(27)9-22(31-11-19(29-3)10-28-2)26-7-6-17-8-18(4-5-20(17)23(16)26)25-12-24(13-25)14-30-15-24/h4-5,8-9,19H,6-7,10-15H2,1-3H3/t19-/m0/s1. The molecule has 0 N–H and O–H groups in total. The Hall–Kier alpha value is -2.35. The minimum Gasteiger partial charge on any atom is -0.476 e. The molecule has 0 bridgehead atoms. The Labute approximate surface area is 182 Å². The van der Waals surface area contributed by atoms with Gasteiger partial charge in [-0.1, -0.05) is 6.07 Å². The van der Waals surface area contributed by atoms with E-state index in [1.165, 1.54) is 11.3 Å². The van der Waals surface area contributed by atoms with Gasteiger partial charge in [0.2, 0.25) is 0 Å². The lowest BCUT2D eigenvalue weighted by Gasteiger charge is -2.56. The zero-order valence-corrected chi connectivity index (χ0v) is 18.5. The summed E-state index contributed by atoms with van der Waals surface area (Å²) < 4.78 is 24.1. The van der Waals surface area contributed by atoms with Crippen molar-refractivity contribution in [3.05, 3.63) is 45.6 Å². The summed E-state index contributed by atoms with van der Waals surface area (Å²) in [6, 6.07) is 8.23. The highest BCUT2D eigenvalue weighted by Gasteiger charge is 2.49. The second-order valence-corrected chi connectivity index (χ2v) is 9.04. The number of aromatic nitrogens is 1. The lowest BCUT2D eigenvalue weighted by Crippen LogP contribution is -2.66. The predicted molar refractivity (Wildman–Crippen MR) is 118 cm³/mol. The first kappa shape index (κ1) is 20.5. The average Bonchev–Trinajstić information content (AvgIpc) is 2.71. The van der Waals surface area contributed by atoms with Crippen molar-refractivity contribution >= 4 is 5.69 Å². The molecule has 5 rings (SSSR count). The van der Waals surface area contributed by atoms with E-state index in [2.05, 4.69) is 27.7 Å². The molecule has 2 saturated heterocycles. The van der Waals surface area contributed by atoms with Crippen LogP contribution in [0.5, 0.6) is 5.88 Å². The topological polar surface area (TPSA) is 62.2 Å². The summed E-state index contributed by atoms with van der Waals surface area (Å²) in [4.78, 5) is 15.2. The molecule has 4 heterocycles. The van der Waals surface area contributed by atoms with E-state index in [4.69, 9.17) is 18.9 Å². The quantitative estimate of drug-likeness (QED) is 0.677. The SMILES string of the molecule is COC[C@@H](COc1cc(=O)c(C)c2n1CCc1cc(N3CC4(COC4)C3)ccc1-2)OC. The van der Waals surface area contributed by atoms with Crippen molar-refractivity contribution in [1.29, 1.82) is 0 Å². The first-order valence-electron chi connectivity index (χ1n) is 10.9. The molecule has 0 amide bonds. The van der Waals surface area contributed by atoms with Gasteiger partial charge in [-0.05, 0) is 31.0 Å². The fourth-order valence-electron chi connectivity index (χ4n) is 4.93. The maximum atomic E-state index is 12.7. The Bertz CT molecular complexity index is 1030. The van der Waals surface area contributed by atoms with Gasteiger partial charge in [0.1, 0.15) is 12.7 Å². The van der Waals surface area contributed by atoms with E-state index in [1.54, 1.807) is 20.3 Å². The molecule has 1 spiro atoms. The molecule has 1 aromatic carbocycles. The van der Waals surface area contributed by atoms with Gasteiger partial charge >= 0.3 is 0 Å². The lowest BCUT2D eigenvalue weighted by atomic mass is 9.77. The number of pyridine rings is 1. The number of anilines is 1. The Morgan fingerprint density at radius 2 is 1.97 bits per heavy atom. The van der Waals surface area contributed by atoms with Crippen LogP contribution in [0, 0.1) is 12.3 Å². The van der Waals surface area contributed by atoms with Crippen LogP contribution in [0.25, 0.3) is 11.3 Å². The van der Waals surface area contributed by atoms with Crippen molar-refractivity contribution in [1.82, 2.24) is 4.57 Å². The minimum atomic E-state index is -0.183. The van der Waals surface area contributed by atoms with Crippen molar-refractivity contribution in [2.75, 3.05) is 58.6 Å². The molecule has 1 aromatic heterocycles. The molecule has 1 atom stereocenters. The van der Waals surface area contributed by atoms with Gasteiger partial charge in [-0.2, -0.15) is 0 Å². The lowest BCUT2D eigenvalue weighted by molar-refractivity contribution is -0.127. The van der Waals surface area contributed by atoms with Gasteiger partial charge in [0, 0.05) is 56.7 Å². The molecule has 0 aliphatic carbocycles. The smallest absolute Gasteiger partial charge is 0.197 e. The van der Waals surface area contributed by atoms with Crippen LogP contribution < -0.4 is 15.1 Å². The number of aryl methyl sites for hydroxylation is 1. The Kier molecular flexibility index (Phi) is 5.28. The molecular formula is C24H30N2O5. The summed E-state index contributed by atoms with van der Waals surface area (Å²) in [6.07, 6.45) is 0.722. The molecule has 7 nitrogen and oxygen atoms in total. The summed E-state index contributed by atoms with van der Waals surface area (Å²) in [5, 5.41) is 0. The summed E-state index contributed by atoms with van der Waals surface area (Å²) in [7, 11) is 3.27. The van der Waals surface area contributed by atoms with Crippen LogP contribution in [0.2, 0.25) is 0 Å². The molecule has 31 heavy (non-hydrogen) atoms. The fraction of sp³-hybridized carbons (Fsp3) is 0.542. The van der Waals surface area contributed by atoms with E-state index in [9.17, 15) is 4.79 Å². The minimum absolute atomic E-state index is 0.00597. The van der Waals surface area contributed by atoms with E-state index in [0.717, 1.165) is 56.1 Å². The van der Waals surface area contributed by atoms with Gasteiger partial charge in [0.05, 0.1) is 30.9 Å². The Morgan fingerprint density at radius 1 is 1.16 bits per heavy atom. The van der Waals surface area contributed by atoms with Gasteiger partial charge in [0.15, 0.2) is 11.3 Å². The third-order valence-corrected chi connectivity index (χ3v) is 6.80. The molecule has 3 aliphatic rings. The predicted octanol–water partition coefficient (Wildman–Crippen LogP) is 2.26. The van der Waals surface area contributed by atoms with Crippen LogP contribution in [0.3, 0.4) is 0 Å². The molecule has 166 valence electrons. The van der Waals surface area contributed by atoms with Gasteiger partial charge in [-0.25, -0.2) is 0 Å². The third-order valence-electron chi connectivity index (χ3n) is 6.80. The molecule has 7 heteroatoms. The summed E-state index contributed by atoms with van der Waals surface area (Å²) in [5.74, 6) is 0.591. The van der Waals surface area contributed by atoms with Crippen LogP contribution in [0.15, 0.2) is 29.1 Å². The zero-order chi connectivity index (χ0) is 21.6. The summed E-state index contributed by atoms with van der Waals surface area (Å²) in [6.45, 7) is 7.37. The van der Waals surface area contributed by atoms with Crippen LogP contribution in [-0.2, 0) is 27.2 Å². The number of fused-ring (bicyclic) bond motifs is 3. The number of hydrogen-bond acceptors (Lipinski definition) is 6.